The average molecular weight is 220 g/mol. The summed E-state index contributed by atoms with van der Waals surface area (Å²) < 4.78 is 2.10. The van der Waals surface area contributed by atoms with Gasteiger partial charge in [-0.25, -0.2) is 0 Å². The number of hydrogen-bond acceptors (Lipinski definition) is 1. The number of piperidine rings is 1. The SMILES string of the molecule is CC(CC(=O)N1CCCCC1)n1cccc1. The standard InChI is InChI=1S/C13H20N2O/c1-12(14-7-5-6-8-14)11-13(16)15-9-3-2-4-10-15/h5-8,12H,2-4,9-11H2,1H3. The average Bonchev–Trinajstić information content (AvgIpc) is 2.83. The zero-order chi connectivity index (χ0) is 11.4. The molecule has 2 heterocycles. The lowest BCUT2D eigenvalue weighted by Crippen LogP contribution is -2.36. The summed E-state index contributed by atoms with van der Waals surface area (Å²) in [6.07, 6.45) is 8.28. The first-order valence-corrected chi connectivity index (χ1v) is 6.17. The van der Waals surface area contributed by atoms with Gasteiger partial charge in [0, 0.05) is 37.9 Å². The largest absolute Gasteiger partial charge is 0.351 e. The molecule has 88 valence electrons. The molecule has 0 bridgehead atoms. The Kier molecular flexibility index (Phi) is 3.65. The molecule has 1 aromatic heterocycles. The number of nitrogens with zero attached hydrogens (tertiary/aromatic N) is 2. The number of carbonyl (C=O) groups excluding carboxylic acids is 1. The first-order chi connectivity index (χ1) is 7.77. The van der Waals surface area contributed by atoms with Gasteiger partial charge in [0.05, 0.1) is 0 Å². The summed E-state index contributed by atoms with van der Waals surface area (Å²) in [5.41, 5.74) is 0. The minimum atomic E-state index is 0.268. The lowest BCUT2D eigenvalue weighted by molar-refractivity contribution is -0.132. The molecule has 1 atom stereocenters. The zero-order valence-electron chi connectivity index (χ0n) is 9.93. The highest BCUT2D eigenvalue weighted by Gasteiger charge is 2.18. The molecular formula is C13H20N2O. The van der Waals surface area contributed by atoms with Crippen LogP contribution in [0.2, 0.25) is 0 Å². The molecule has 16 heavy (non-hydrogen) atoms. The highest BCUT2D eigenvalue weighted by Crippen LogP contribution is 2.15. The van der Waals surface area contributed by atoms with Crippen LogP contribution < -0.4 is 0 Å². The van der Waals surface area contributed by atoms with E-state index >= 15 is 0 Å². The van der Waals surface area contributed by atoms with Crippen LogP contribution in [0.15, 0.2) is 24.5 Å². The van der Waals surface area contributed by atoms with E-state index in [1.54, 1.807) is 0 Å². The quantitative estimate of drug-likeness (QED) is 0.768. The molecule has 1 aromatic rings. The summed E-state index contributed by atoms with van der Waals surface area (Å²) in [6, 6.07) is 4.27. The third-order valence-electron chi connectivity index (χ3n) is 3.32. The Hall–Kier alpha value is -1.25. The van der Waals surface area contributed by atoms with Gasteiger partial charge in [-0.3, -0.25) is 4.79 Å². The second kappa shape index (κ2) is 5.19. The first kappa shape index (κ1) is 11.2. The minimum absolute atomic E-state index is 0.268. The van der Waals surface area contributed by atoms with Crippen LogP contribution in [0.1, 0.15) is 38.6 Å². The monoisotopic (exact) mass is 220 g/mol. The van der Waals surface area contributed by atoms with Crippen molar-refractivity contribution in [3.63, 3.8) is 0 Å². The number of hydrogen-bond donors (Lipinski definition) is 0. The molecule has 1 fully saturated rings. The first-order valence-electron chi connectivity index (χ1n) is 6.17. The van der Waals surface area contributed by atoms with E-state index in [1.807, 2.05) is 29.4 Å². The Morgan fingerprint density at radius 2 is 1.81 bits per heavy atom. The van der Waals surface area contributed by atoms with Crippen LogP contribution in [-0.4, -0.2) is 28.5 Å². The maximum atomic E-state index is 12.0. The second-order valence-corrected chi connectivity index (χ2v) is 4.62. The Morgan fingerprint density at radius 3 is 2.44 bits per heavy atom. The van der Waals surface area contributed by atoms with E-state index in [9.17, 15) is 4.79 Å². The molecule has 0 radical (unpaired) electrons. The number of likely N-dealkylation sites (tertiary alicyclic amines) is 1. The predicted octanol–water partition coefficient (Wildman–Crippen LogP) is 2.45. The molecule has 1 aliphatic heterocycles. The van der Waals surface area contributed by atoms with E-state index in [0.717, 1.165) is 13.1 Å². The molecule has 1 saturated heterocycles. The topological polar surface area (TPSA) is 25.2 Å². The fourth-order valence-corrected chi connectivity index (χ4v) is 2.27. The normalized spacial score (nSPS) is 18.4. The van der Waals surface area contributed by atoms with Crippen LogP contribution in [0.5, 0.6) is 0 Å². The summed E-state index contributed by atoms with van der Waals surface area (Å²) in [4.78, 5) is 14.0. The van der Waals surface area contributed by atoms with Crippen molar-refractivity contribution in [3.05, 3.63) is 24.5 Å². The second-order valence-electron chi connectivity index (χ2n) is 4.62. The Morgan fingerprint density at radius 1 is 1.19 bits per heavy atom. The van der Waals surface area contributed by atoms with Gasteiger partial charge in [-0.2, -0.15) is 0 Å². The molecule has 2 rings (SSSR count). The predicted molar refractivity (Wildman–Crippen MR) is 64.2 cm³/mol. The summed E-state index contributed by atoms with van der Waals surface area (Å²) in [6.45, 7) is 4.01. The van der Waals surface area contributed by atoms with Crippen LogP contribution in [0.25, 0.3) is 0 Å². The zero-order valence-corrected chi connectivity index (χ0v) is 9.93. The molecule has 0 spiro atoms. The van der Waals surface area contributed by atoms with Crippen LogP contribution in [-0.2, 0) is 4.79 Å². The van der Waals surface area contributed by atoms with Crippen molar-refractivity contribution in [1.29, 1.82) is 0 Å². The van der Waals surface area contributed by atoms with Crippen molar-refractivity contribution in [1.82, 2.24) is 9.47 Å². The van der Waals surface area contributed by atoms with Crippen molar-refractivity contribution < 1.29 is 4.79 Å². The van der Waals surface area contributed by atoms with Crippen LogP contribution in [0.4, 0.5) is 0 Å². The third kappa shape index (κ3) is 2.65. The highest BCUT2D eigenvalue weighted by atomic mass is 16.2. The molecule has 0 aliphatic carbocycles. The van der Waals surface area contributed by atoms with Gasteiger partial charge in [0.25, 0.3) is 0 Å². The number of amides is 1. The highest BCUT2D eigenvalue weighted by molar-refractivity contribution is 5.76. The molecule has 3 heteroatoms. The molecule has 1 aliphatic rings. The molecule has 3 nitrogen and oxygen atoms in total. The van der Waals surface area contributed by atoms with Crippen molar-refractivity contribution in [2.75, 3.05) is 13.1 Å². The fraction of sp³-hybridized carbons (Fsp3) is 0.615. The third-order valence-corrected chi connectivity index (χ3v) is 3.32. The van der Waals surface area contributed by atoms with E-state index in [4.69, 9.17) is 0 Å². The smallest absolute Gasteiger partial charge is 0.224 e. The lowest BCUT2D eigenvalue weighted by atomic mass is 10.1. The van der Waals surface area contributed by atoms with Gasteiger partial charge in [0.1, 0.15) is 0 Å². The number of aromatic nitrogens is 1. The summed E-state index contributed by atoms with van der Waals surface area (Å²) in [5, 5.41) is 0. The maximum Gasteiger partial charge on any atom is 0.224 e. The van der Waals surface area contributed by atoms with E-state index < -0.39 is 0 Å². The van der Waals surface area contributed by atoms with Crippen molar-refractivity contribution in [2.45, 2.75) is 38.6 Å². The van der Waals surface area contributed by atoms with Crippen molar-refractivity contribution in [2.24, 2.45) is 0 Å². The minimum Gasteiger partial charge on any atom is -0.351 e. The van der Waals surface area contributed by atoms with Gasteiger partial charge < -0.3 is 9.47 Å². The van der Waals surface area contributed by atoms with Crippen molar-refractivity contribution >= 4 is 5.91 Å². The maximum absolute atomic E-state index is 12.0. The number of carbonyl (C=O) groups is 1. The van der Waals surface area contributed by atoms with Gasteiger partial charge in [0.15, 0.2) is 0 Å². The Bertz CT molecular complexity index is 326. The summed E-state index contributed by atoms with van der Waals surface area (Å²) in [5.74, 6) is 0.306. The van der Waals surface area contributed by atoms with E-state index in [-0.39, 0.29) is 6.04 Å². The van der Waals surface area contributed by atoms with Gasteiger partial charge in [-0.1, -0.05) is 0 Å². The van der Waals surface area contributed by atoms with Gasteiger partial charge >= 0.3 is 0 Å². The summed E-state index contributed by atoms with van der Waals surface area (Å²) >= 11 is 0. The van der Waals surface area contributed by atoms with Crippen LogP contribution in [0.3, 0.4) is 0 Å². The molecule has 0 saturated carbocycles. The Labute approximate surface area is 97.1 Å². The van der Waals surface area contributed by atoms with Crippen molar-refractivity contribution in [3.8, 4) is 0 Å². The van der Waals surface area contributed by atoms with Gasteiger partial charge in [-0.15, -0.1) is 0 Å². The lowest BCUT2D eigenvalue weighted by Gasteiger charge is -2.28. The van der Waals surface area contributed by atoms with Crippen LogP contribution in [0, 0.1) is 0 Å². The van der Waals surface area contributed by atoms with E-state index in [2.05, 4.69) is 11.5 Å². The van der Waals surface area contributed by atoms with Gasteiger partial charge in [0.2, 0.25) is 5.91 Å². The fourth-order valence-electron chi connectivity index (χ4n) is 2.27. The molecule has 0 aromatic carbocycles. The molecule has 0 N–H and O–H groups in total. The molecule has 1 unspecified atom stereocenters. The van der Waals surface area contributed by atoms with E-state index in [1.165, 1.54) is 19.3 Å². The Balaban J connectivity index is 1.86. The molecular weight excluding hydrogens is 200 g/mol. The number of rotatable bonds is 3. The van der Waals surface area contributed by atoms with E-state index in [0.29, 0.717) is 12.3 Å². The van der Waals surface area contributed by atoms with Gasteiger partial charge in [-0.05, 0) is 38.3 Å². The molecule has 1 amide bonds. The van der Waals surface area contributed by atoms with Crippen LogP contribution >= 0.6 is 0 Å². The summed E-state index contributed by atoms with van der Waals surface area (Å²) in [7, 11) is 0.